The number of aryl methyl sites for hydroxylation is 1. The lowest BCUT2D eigenvalue weighted by atomic mass is 9.96. The van der Waals surface area contributed by atoms with Crippen LogP contribution in [0.1, 0.15) is 30.5 Å². The summed E-state index contributed by atoms with van der Waals surface area (Å²) in [6.07, 6.45) is 4.39. The van der Waals surface area contributed by atoms with Crippen molar-refractivity contribution in [2.24, 2.45) is 5.92 Å². The first-order valence-electron chi connectivity index (χ1n) is 9.06. The Balaban J connectivity index is 1.40. The Morgan fingerprint density at radius 3 is 2.88 bits per heavy atom. The van der Waals surface area contributed by atoms with Crippen molar-refractivity contribution >= 4 is 17.7 Å². The van der Waals surface area contributed by atoms with Crippen LogP contribution in [0.15, 0.2) is 12.1 Å². The van der Waals surface area contributed by atoms with Crippen LogP contribution in [0.4, 0.5) is 5.82 Å². The van der Waals surface area contributed by atoms with E-state index in [1.165, 1.54) is 5.56 Å². The number of rotatable bonds is 6. The molecule has 3 N–H and O–H groups in total. The first kappa shape index (κ1) is 17.7. The van der Waals surface area contributed by atoms with Gasteiger partial charge in [0.25, 0.3) is 0 Å². The number of amides is 1. The maximum atomic E-state index is 12.3. The number of hydrogen-bond acceptors (Lipinski definition) is 5. The van der Waals surface area contributed by atoms with Crippen LogP contribution in [0.25, 0.3) is 0 Å². The van der Waals surface area contributed by atoms with Crippen molar-refractivity contribution < 1.29 is 14.7 Å². The second kappa shape index (κ2) is 8.29. The lowest BCUT2D eigenvalue weighted by molar-refractivity contribution is -0.138. The van der Waals surface area contributed by atoms with E-state index in [2.05, 4.69) is 21.7 Å². The number of aliphatic carboxylic acids is 1. The van der Waals surface area contributed by atoms with Crippen LogP contribution in [0.5, 0.6) is 0 Å². The summed E-state index contributed by atoms with van der Waals surface area (Å²) in [6.45, 7) is 2.96. The summed E-state index contributed by atoms with van der Waals surface area (Å²) < 4.78 is 0. The average molecular weight is 346 g/mol. The predicted octanol–water partition coefficient (Wildman–Crippen LogP) is 0.895. The number of piperidine rings is 1. The number of carbonyl (C=O) groups excluding carboxylic acids is 1. The number of nitrogens with one attached hydrogen (secondary N) is 2. The summed E-state index contributed by atoms with van der Waals surface area (Å²) in [5.41, 5.74) is 2.26. The Morgan fingerprint density at radius 2 is 2.12 bits per heavy atom. The van der Waals surface area contributed by atoms with Gasteiger partial charge in [0.15, 0.2) is 0 Å². The minimum Gasteiger partial charge on any atom is -0.480 e. The number of carboxylic acids is 1. The van der Waals surface area contributed by atoms with E-state index in [4.69, 9.17) is 5.11 Å². The molecule has 0 aliphatic carbocycles. The lowest BCUT2D eigenvalue weighted by Crippen LogP contribution is -2.42. The summed E-state index contributed by atoms with van der Waals surface area (Å²) in [5.74, 6) is 0.241. The van der Waals surface area contributed by atoms with Crippen molar-refractivity contribution in [3.05, 3.63) is 23.4 Å². The molecule has 1 amide bonds. The van der Waals surface area contributed by atoms with Crippen molar-refractivity contribution in [3.63, 3.8) is 0 Å². The number of nitrogens with zero attached hydrogens (tertiary/aromatic N) is 2. The van der Waals surface area contributed by atoms with E-state index in [-0.39, 0.29) is 18.4 Å². The summed E-state index contributed by atoms with van der Waals surface area (Å²) in [7, 11) is 0. The van der Waals surface area contributed by atoms with Gasteiger partial charge in [0.2, 0.25) is 5.91 Å². The minimum atomic E-state index is -0.810. The van der Waals surface area contributed by atoms with E-state index in [1.807, 2.05) is 11.0 Å². The standard InChI is InChI=1S/C18H26N4O3/c23-16(24)12-22-10-6-14(7-11-22)18(25)20-9-5-15-4-3-13-2-1-8-19-17(13)21-15/h3-4,14H,1-2,5-12H2,(H,19,21)(H,20,25)(H,23,24). The molecule has 1 saturated heterocycles. The van der Waals surface area contributed by atoms with E-state index in [1.54, 1.807) is 0 Å². The number of likely N-dealkylation sites (tertiary alicyclic amines) is 1. The highest BCUT2D eigenvalue weighted by molar-refractivity contribution is 5.78. The number of carbonyl (C=O) groups is 2. The molecular weight excluding hydrogens is 320 g/mol. The van der Waals surface area contributed by atoms with E-state index in [9.17, 15) is 9.59 Å². The molecule has 3 rings (SSSR count). The Labute approximate surface area is 147 Å². The van der Waals surface area contributed by atoms with Gasteiger partial charge in [-0.1, -0.05) is 6.07 Å². The third-order valence-electron chi connectivity index (χ3n) is 4.95. The summed E-state index contributed by atoms with van der Waals surface area (Å²) in [4.78, 5) is 29.5. The SMILES string of the molecule is O=C(O)CN1CCC(C(=O)NCCc2ccc3c(n2)NCCC3)CC1. The normalized spacial score (nSPS) is 18.2. The predicted molar refractivity (Wildman–Crippen MR) is 94.6 cm³/mol. The van der Waals surface area contributed by atoms with Crippen LogP contribution < -0.4 is 10.6 Å². The quantitative estimate of drug-likeness (QED) is 0.708. The molecule has 0 spiro atoms. The third-order valence-corrected chi connectivity index (χ3v) is 4.95. The van der Waals surface area contributed by atoms with E-state index in [0.717, 1.165) is 50.2 Å². The molecule has 0 atom stereocenters. The van der Waals surface area contributed by atoms with E-state index < -0.39 is 5.97 Å². The van der Waals surface area contributed by atoms with Crippen LogP contribution in [0, 0.1) is 5.92 Å². The molecule has 2 aliphatic heterocycles. The maximum Gasteiger partial charge on any atom is 0.317 e. The lowest BCUT2D eigenvalue weighted by Gasteiger charge is -2.29. The number of aromatic nitrogens is 1. The first-order chi connectivity index (χ1) is 12.1. The van der Waals surface area contributed by atoms with Crippen molar-refractivity contribution in [1.29, 1.82) is 0 Å². The van der Waals surface area contributed by atoms with Gasteiger partial charge >= 0.3 is 5.97 Å². The fourth-order valence-electron chi connectivity index (χ4n) is 3.51. The molecule has 0 unspecified atom stereocenters. The van der Waals surface area contributed by atoms with Crippen LogP contribution in [0.2, 0.25) is 0 Å². The maximum absolute atomic E-state index is 12.3. The van der Waals surface area contributed by atoms with Crippen LogP contribution in [-0.4, -0.2) is 59.6 Å². The van der Waals surface area contributed by atoms with E-state index >= 15 is 0 Å². The summed E-state index contributed by atoms with van der Waals surface area (Å²) >= 11 is 0. The summed E-state index contributed by atoms with van der Waals surface area (Å²) in [5, 5.41) is 15.1. The number of fused-ring (bicyclic) bond motifs is 1. The topological polar surface area (TPSA) is 94.6 Å². The number of anilines is 1. The molecular formula is C18H26N4O3. The van der Waals surface area contributed by atoms with Gasteiger partial charge in [0.1, 0.15) is 5.82 Å². The molecule has 0 aromatic carbocycles. The largest absolute Gasteiger partial charge is 0.480 e. The van der Waals surface area contributed by atoms with Crippen LogP contribution >= 0.6 is 0 Å². The molecule has 1 fully saturated rings. The molecule has 2 aliphatic rings. The fourth-order valence-corrected chi connectivity index (χ4v) is 3.51. The highest BCUT2D eigenvalue weighted by atomic mass is 16.4. The Hall–Kier alpha value is -2.15. The molecule has 7 nitrogen and oxygen atoms in total. The highest BCUT2D eigenvalue weighted by Gasteiger charge is 2.25. The van der Waals surface area contributed by atoms with Gasteiger partial charge in [-0.25, -0.2) is 4.98 Å². The highest BCUT2D eigenvalue weighted by Crippen LogP contribution is 2.20. The zero-order valence-electron chi connectivity index (χ0n) is 14.5. The van der Waals surface area contributed by atoms with Crippen molar-refractivity contribution in [1.82, 2.24) is 15.2 Å². The van der Waals surface area contributed by atoms with Gasteiger partial charge in [-0.2, -0.15) is 0 Å². The van der Waals surface area contributed by atoms with Crippen LogP contribution in [0.3, 0.4) is 0 Å². The minimum absolute atomic E-state index is 0.0109. The van der Waals surface area contributed by atoms with Gasteiger partial charge in [0, 0.05) is 31.1 Å². The molecule has 7 heteroatoms. The fraction of sp³-hybridized carbons (Fsp3) is 0.611. The van der Waals surface area contributed by atoms with Gasteiger partial charge in [-0.15, -0.1) is 0 Å². The van der Waals surface area contributed by atoms with Gasteiger partial charge < -0.3 is 15.7 Å². The van der Waals surface area contributed by atoms with Gasteiger partial charge in [0.05, 0.1) is 6.54 Å². The molecule has 0 saturated carbocycles. The number of hydrogen-bond donors (Lipinski definition) is 3. The summed E-state index contributed by atoms with van der Waals surface area (Å²) in [6, 6.07) is 4.17. The Kier molecular flexibility index (Phi) is 5.86. The van der Waals surface area contributed by atoms with Crippen molar-refractivity contribution in [3.8, 4) is 0 Å². The zero-order chi connectivity index (χ0) is 17.6. The third kappa shape index (κ3) is 4.92. The zero-order valence-corrected chi connectivity index (χ0v) is 14.5. The van der Waals surface area contributed by atoms with Gasteiger partial charge in [-0.3, -0.25) is 14.5 Å². The van der Waals surface area contributed by atoms with Crippen molar-refractivity contribution in [2.45, 2.75) is 32.1 Å². The van der Waals surface area contributed by atoms with E-state index in [0.29, 0.717) is 19.6 Å². The number of pyridine rings is 1. The second-order valence-electron chi connectivity index (χ2n) is 6.83. The van der Waals surface area contributed by atoms with Gasteiger partial charge in [-0.05, 0) is 50.4 Å². The Morgan fingerprint density at radius 1 is 1.32 bits per heavy atom. The molecule has 25 heavy (non-hydrogen) atoms. The van der Waals surface area contributed by atoms with Crippen LogP contribution in [-0.2, 0) is 22.4 Å². The monoisotopic (exact) mass is 346 g/mol. The molecule has 0 bridgehead atoms. The smallest absolute Gasteiger partial charge is 0.317 e. The average Bonchev–Trinajstić information content (AvgIpc) is 2.61. The molecule has 3 heterocycles. The number of carboxylic acid groups (broad SMARTS) is 1. The molecule has 1 aromatic rings. The Bertz CT molecular complexity index is 627. The first-order valence-corrected chi connectivity index (χ1v) is 9.06. The van der Waals surface area contributed by atoms with Crippen molar-refractivity contribution in [2.75, 3.05) is 38.0 Å². The second-order valence-corrected chi connectivity index (χ2v) is 6.83. The molecule has 0 radical (unpaired) electrons. The molecule has 1 aromatic heterocycles. The molecule has 136 valence electrons.